The first kappa shape index (κ1) is 14.7. The Morgan fingerprint density at radius 2 is 2.15 bits per heavy atom. The van der Waals surface area contributed by atoms with Crippen LogP contribution < -0.4 is 5.73 Å². The summed E-state index contributed by atoms with van der Waals surface area (Å²) in [5.74, 6) is 0.745. The molecule has 0 radical (unpaired) electrons. The molecule has 6 heteroatoms. The number of amidine groups is 1. The van der Waals surface area contributed by atoms with Crippen LogP contribution in [0.2, 0.25) is 5.02 Å². The maximum atomic E-state index is 8.72. The number of pyridine rings is 1. The van der Waals surface area contributed by atoms with Gasteiger partial charge in [0.1, 0.15) is 5.03 Å². The Bertz CT molecular complexity index is 646. The number of aryl methyl sites for hydroxylation is 1. The molecule has 0 aliphatic carbocycles. The summed E-state index contributed by atoms with van der Waals surface area (Å²) in [4.78, 5) is 4.24. The van der Waals surface area contributed by atoms with Crippen molar-refractivity contribution in [1.29, 1.82) is 0 Å². The molecule has 4 nitrogen and oxygen atoms in total. The van der Waals surface area contributed by atoms with Gasteiger partial charge in [-0.05, 0) is 24.1 Å². The number of aromatic nitrogens is 1. The van der Waals surface area contributed by atoms with Crippen molar-refractivity contribution < 1.29 is 5.21 Å². The number of benzene rings is 1. The molecule has 0 spiro atoms. The maximum Gasteiger partial charge on any atom is 0.171 e. The SMILES string of the molecule is Cc1ccccc1CSc1nccc(/C(N)=N/O)c1Cl. The van der Waals surface area contributed by atoms with Crippen molar-refractivity contribution in [2.24, 2.45) is 10.9 Å². The summed E-state index contributed by atoms with van der Waals surface area (Å²) >= 11 is 7.75. The fraction of sp³-hybridized carbons (Fsp3) is 0.143. The minimum absolute atomic E-state index is 0.0184. The van der Waals surface area contributed by atoms with Crippen molar-refractivity contribution in [3.8, 4) is 0 Å². The number of rotatable bonds is 4. The first-order chi connectivity index (χ1) is 9.63. The first-order valence-electron chi connectivity index (χ1n) is 5.93. The van der Waals surface area contributed by atoms with Gasteiger partial charge in [0.05, 0.1) is 5.02 Å². The van der Waals surface area contributed by atoms with Gasteiger partial charge in [-0.2, -0.15) is 0 Å². The van der Waals surface area contributed by atoms with Gasteiger partial charge in [0, 0.05) is 17.5 Å². The maximum absolute atomic E-state index is 8.72. The number of oxime groups is 1. The molecule has 1 aromatic heterocycles. The standard InChI is InChI=1S/C14H14ClN3OS/c1-9-4-2-3-5-10(9)8-20-14-12(15)11(6-7-17-14)13(16)18-19/h2-7,19H,8H2,1H3,(H2,16,18). The molecule has 0 aliphatic heterocycles. The second-order valence-electron chi connectivity index (χ2n) is 4.18. The smallest absolute Gasteiger partial charge is 0.171 e. The highest BCUT2D eigenvalue weighted by Crippen LogP contribution is 2.30. The summed E-state index contributed by atoms with van der Waals surface area (Å²) in [6, 6.07) is 9.77. The van der Waals surface area contributed by atoms with E-state index in [2.05, 4.69) is 29.2 Å². The van der Waals surface area contributed by atoms with Gasteiger partial charge in [0.25, 0.3) is 0 Å². The van der Waals surface area contributed by atoms with Crippen LogP contribution in [0.5, 0.6) is 0 Å². The average Bonchev–Trinajstić information content (AvgIpc) is 2.47. The van der Waals surface area contributed by atoms with E-state index in [-0.39, 0.29) is 5.84 Å². The summed E-state index contributed by atoms with van der Waals surface area (Å²) in [6.07, 6.45) is 1.60. The fourth-order valence-electron chi connectivity index (χ4n) is 1.70. The Balaban J connectivity index is 2.21. The minimum Gasteiger partial charge on any atom is -0.409 e. The largest absolute Gasteiger partial charge is 0.409 e. The lowest BCUT2D eigenvalue weighted by molar-refractivity contribution is 0.318. The molecule has 0 saturated carbocycles. The normalized spacial score (nSPS) is 11.6. The van der Waals surface area contributed by atoms with Gasteiger partial charge in [0.15, 0.2) is 5.84 Å². The van der Waals surface area contributed by atoms with Gasteiger partial charge in [-0.3, -0.25) is 0 Å². The van der Waals surface area contributed by atoms with Crippen LogP contribution >= 0.6 is 23.4 Å². The Labute approximate surface area is 126 Å². The highest BCUT2D eigenvalue weighted by atomic mass is 35.5. The number of nitrogens with two attached hydrogens (primary N) is 1. The van der Waals surface area contributed by atoms with E-state index < -0.39 is 0 Å². The summed E-state index contributed by atoms with van der Waals surface area (Å²) in [6.45, 7) is 2.07. The third-order valence-electron chi connectivity index (χ3n) is 2.87. The second-order valence-corrected chi connectivity index (χ2v) is 5.52. The summed E-state index contributed by atoms with van der Waals surface area (Å²) in [7, 11) is 0. The minimum atomic E-state index is -0.0184. The number of hydrogen-bond donors (Lipinski definition) is 2. The van der Waals surface area contributed by atoms with Crippen LogP contribution in [0, 0.1) is 6.92 Å². The Hall–Kier alpha value is -1.72. The number of hydrogen-bond acceptors (Lipinski definition) is 4. The number of thioether (sulfide) groups is 1. The van der Waals surface area contributed by atoms with Crippen LogP contribution in [-0.2, 0) is 5.75 Å². The van der Waals surface area contributed by atoms with E-state index in [0.717, 1.165) is 5.75 Å². The quantitative estimate of drug-likeness (QED) is 0.298. The van der Waals surface area contributed by atoms with E-state index in [1.807, 2.05) is 12.1 Å². The second kappa shape index (κ2) is 6.63. The van der Waals surface area contributed by atoms with Crippen molar-refractivity contribution in [3.05, 3.63) is 58.2 Å². The van der Waals surface area contributed by atoms with Crippen LogP contribution in [0.1, 0.15) is 16.7 Å². The lowest BCUT2D eigenvalue weighted by atomic mass is 10.1. The molecule has 104 valence electrons. The Morgan fingerprint density at radius 1 is 1.40 bits per heavy atom. The zero-order valence-corrected chi connectivity index (χ0v) is 12.4. The van der Waals surface area contributed by atoms with E-state index >= 15 is 0 Å². The Kier molecular flexibility index (Phi) is 4.87. The average molecular weight is 308 g/mol. The highest BCUT2D eigenvalue weighted by molar-refractivity contribution is 7.98. The van der Waals surface area contributed by atoms with Crippen molar-refractivity contribution in [1.82, 2.24) is 4.98 Å². The third-order valence-corrected chi connectivity index (χ3v) is 4.40. The molecular weight excluding hydrogens is 294 g/mol. The van der Waals surface area contributed by atoms with Crippen molar-refractivity contribution in [2.75, 3.05) is 0 Å². The van der Waals surface area contributed by atoms with Crippen molar-refractivity contribution >= 4 is 29.2 Å². The molecule has 0 saturated heterocycles. The van der Waals surface area contributed by atoms with Gasteiger partial charge < -0.3 is 10.9 Å². The highest BCUT2D eigenvalue weighted by Gasteiger charge is 2.12. The van der Waals surface area contributed by atoms with Gasteiger partial charge in [0.2, 0.25) is 0 Å². The summed E-state index contributed by atoms with van der Waals surface area (Å²) in [5, 5.41) is 12.8. The zero-order chi connectivity index (χ0) is 14.5. The third kappa shape index (κ3) is 3.23. The van der Waals surface area contributed by atoms with E-state index in [4.69, 9.17) is 22.5 Å². The fourth-order valence-corrected chi connectivity index (χ4v) is 3.06. The molecule has 2 rings (SSSR count). The Morgan fingerprint density at radius 3 is 2.85 bits per heavy atom. The van der Waals surface area contributed by atoms with Crippen LogP contribution in [-0.4, -0.2) is 16.0 Å². The summed E-state index contributed by atoms with van der Waals surface area (Å²) < 4.78 is 0. The molecule has 2 aromatic rings. The van der Waals surface area contributed by atoms with Crippen molar-refractivity contribution in [3.63, 3.8) is 0 Å². The molecule has 0 atom stereocenters. The van der Waals surface area contributed by atoms with Gasteiger partial charge >= 0.3 is 0 Å². The van der Waals surface area contributed by atoms with Crippen LogP contribution in [0.15, 0.2) is 46.7 Å². The molecule has 0 fully saturated rings. The molecule has 1 aromatic carbocycles. The number of nitrogens with zero attached hydrogens (tertiary/aromatic N) is 2. The molecule has 20 heavy (non-hydrogen) atoms. The lowest BCUT2D eigenvalue weighted by Gasteiger charge is -2.08. The van der Waals surface area contributed by atoms with Crippen LogP contribution in [0.4, 0.5) is 0 Å². The summed E-state index contributed by atoms with van der Waals surface area (Å²) in [5.41, 5.74) is 8.51. The first-order valence-corrected chi connectivity index (χ1v) is 7.29. The topological polar surface area (TPSA) is 71.5 Å². The van der Waals surface area contributed by atoms with Gasteiger partial charge in [-0.15, -0.1) is 11.8 Å². The van der Waals surface area contributed by atoms with E-state index in [9.17, 15) is 0 Å². The van der Waals surface area contributed by atoms with Crippen molar-refractivity contribution in [2.45, 2.75) is 17.7 Å². The van der Waals surface area contributed by atoms with E-state index in [1.165, 1.54) is 22.9 Å². The molecule has 0 aliphatic rings. The van der Waals surface area contributed by atoms with Crippen LogP contribution in [0.3, 0.4) is 0 Å². The van der Waals surface area contributed by atoms with Crippen LogP contribution in [0.25, 0.3) is 0 Å². The van der Waals surface area contributed by atoms with Gasteiger partial charge in [-0.1, -0.05) is 41.0 Å². The monoisotopic (exact) mass is 307 g/mol. The predicted octanol–water partition coefficient (Wildman–Crippen LogP) is 3.43. The molecule has 0 amide bonds. The molecule has 0 unspecified atom stereocenters. The molecule has 0 bridgehead atoms. The number of halogens is 1. The van der Waals surface area contributed by atoms with E-state index in [0.29, 0.717) is 15.6 Å². The van der Waals surface area contributed by atoms with Gasteiger partial charge in [-0.25, -0.2) is 4.98 Å². The lowest BCUT2D eigenvalue weighted by Crippen LogP contribution is -2.14. The van der Waals surface area contributed by atoms with E-state index in [1.54, 1.807) is 12.3 Å². The molecule has 1 heterocycles. The predicted molar refractivity (Wildman–Crippen MR) is 82.5 cm³/mol. The molecular formula is C14H14ClN3OS. The zero-order valence-electron chi connectivity index (χ0n) is 10.9. The molecule has 3 N–H and O–H groups in total.